The average molecular weight is 466 g/mol. The van der Waals surface area contributed by atoms with E-state index in [4.69, 9.17) is 19.0 Å². The summed E-state index contributed by atoms with van der Waals surface area (Å²) in [6.07, 6.45) is 0.343. The Morgan fingerprint density at radius 1 is 1.18 bits per heavy atom. The highest BCUT2D eigenvalue weighted by Gasteiger charge is 2.18. The number of hydrogen-bond acceptors (Lipinski definition) is 6. The van der Waals surface area contributed by atoms with Gasteiger partial charge in [0, 0.05) is 4.70 Å². The van der Waals surface area contributed by atoms with Crippen LogP contribution < -0.4 is 4.74 Å². The van der Waals surface area contributed by atoms with Crippen molar-refractivity contribution in [2.75, 3.05) is 6.61 Å². The molecule has 2 heterocycles. The second-order valence-corrected chi connectivity index (χ2v) is 9.03. The smallest absolute Gasteiger partial charge is 0.308 e. The van der Waals surface area contributed by atoms with Crippen LogP contribution >= 0.6 is 11.3 Å². The molecule has 2 aromatic heterocycles. The Hall–Kier alpha value is -3.16. The Morgan fingerprint density at radius 2 is 1.94 bits per heavy atom. The number of hydrogen-bond donors (Lipinski definition) is 1. The van der Waals surface area contributed by atoms with E-state index in [-0.39, 0.29) is 12.7 Å². The molecule has 2 atom stereocenters. The first-order valence-electron chi connectivity index (χ1n) is 11.0. The monoisotopic (exact) mass is 465 g/mol. The maximum atomic E-state index is 11.2. The minimum atomic E-state index is -0.827. The van der Waals surface area contributed by atoms with E-state index in [2.05, 4.69) is 23.2 Å². The number of fused-ring (bicyclic) bond motifs is 1. The zero-order chi connectivity index (χ0) is 23.4. The molecule has 0 radical (unpaired) electrons. The van der Waals surface area contributed by atoms with Gasteiger partial charge in [-0.05, 0) is 55.5 Å². The topological polar surface area (TPSA) is 81.8 Å². The minimum absolute atomic E-state index is 0.193. The standard InChI is InChI=1S/C26H27NO5S/c1-4-18(26(28)29)14-30-16(2)19-9-11-21(12-10-19)31-15-22-17(3)32-25(27-22)24-13-20-7-5-6-8-23(20)33-24/h5-13,16,18H,4,14-15H2,1-3H3,(H,28,29). The molecule has 0 amide bonds. The molecule has 0 fully saturated rings. The zero-order valence-corrected chi connectivity index (χ0v) is 19.7. The van der Waals surface area contributed by atoms with Crippen molar-refractivity contribution in [3.63, 3.8) is 0 Å². The predicted molar refractivity (Wildman–Crippen MR) is 129 cm³/mol. The van der Waals surface area contributed by atoms with Gasteiger partial charge in [-0.1, -0.05) is 37.3 Å². The van der Waals surface area contributed by atoms with Gasteiger partial charge in [0.25, 0.3) is 0 Å². The van der Waals surface area contributed by atoms with Crippen LogP contribution in [-0.2, 0) is 16.1 Å². The van der Waals surface area contributed by atoms with E-state index in [1.807, 2.05) is 57.2 Å². The molecule has 4 rings (SSSR count). The second kappa shape index (κ2) is 10.2. The van der Waals surface area contributed by atoms with Crippen molar-refractivity contribution in [3.05, 3.63) is 71.6 Å². The molecule has 0 bridgehead atoms. The number of carbonyl (C=O) groups is 1. The second-order valence-electron chi connectivity index (χ2n) is 7.95. The first kappa shape index (κ1) is 23.0. The lowest BCUT2D eigenvalue weighted by Crippen LogP contribution is -2.19. The molecule has 4 aromatic rings. The van der Waals surface area contributed by atoms with Crippen molar-refractivity contribution in [2.45, 2.75) is 39.9 Å². The van der Waals surface area contributed by atoms with Crippen LogP contribution in [0.3, 0.4) is 0 Å². The predicted octanol–water partition coefficient (Wildman–Crippen LogP) is 6.63. The molecule has 6 nitrogen and oxygen atoms in total. The Bertz CT molecular complexity index is 1190. The van der Waals surface area contributed by atoms with Gasteiger partial charge in [-0.15, -0.1) is 11.3 Å². The van der Waals surface area contributed by atoms with E-state index >= 15 is 0 Å². The normalized spacial score (nSPS) is 13.2. The molecule has 2 aromatic carbocycles. The maximum absolute atomic E-state index is 11.2. The molecule has 0 spiro atoms. The van der Waals surface area contributed by atoms with Crippen molar-refractivity contribution in [2.24, 2.45) is 5.92 Å². The van der Waals surface area contributed by atoms with Gasteiger partial charge in [0.05, 0.1) is 23.5 Å². The summed E-state index contributed by atoms with van der Waals surface area (Å²) >= 11 is 1.66. The quantitative estimate of drug-likeness (QED) is 0.283. The van der Waals surface area contributed by atoms with Crippen molar-refractivity contribution >= 4 is 27.4 Å². The molecule has 0 aliphatic carbocycles. The molecule has 0 aliphatic rings. The van der Waals surface area contributed by atoms with Gasteiger partial charge in [-0.25, -0.2) is 4.98 Å². The van der Waals surface area contributed by atoms with E-state index in [9.17, 15) is 4.79 Å². The Balaban J connectivity index is 1.36. The summed E-state index contributed by atoms with van der Waals surface area (Å²) in [5.41, 5.74) is 1.73. The number of nitrogens with zero attached hydrogens (tertiary/aromatic N) is 1. The van der Waals surface area contributed by atoms with Crippen LogP contribution in [0, 0.1) is 12.8 Å². The number of rotatable bonds is 10. The fraction of sp³-hybridized carbons (Fsp3) is 0.308. The van der Waals surface area contributed by atoms with Crippen LogP contribution in [0.4, 0.5) is 0 Å². The molecular weight excluding hydrogens is 438 g/mol. The summed E-state index contributed by atoms with van der Waals surface area (Å²) in [5, 5.41) is 10.3. The highest BCUT2D eigenvalue weighted by Crippen LogP contribution is 2.34. The van der Waals surface area contributed by atoms with Crippen molar-refractivity contribution in [1.29, 1.82) is 0 Å². The minimum Gasteiger partial charge on any atom is -0.487 e. The van der Waals surface area contributed by atoms with Gasteiger partial charge in [0.15, 0.2) is 0 Å². The SMILES string of the molecule is CCC(COC(C)c1ccc(OCc2nc(-c3cc4ccccc4s3)oc2C)cc1)C(=O)O. The Labute approximate surface area is 196 Å². The number of thiophene rings is 1. The fourth-order valence-corrected chi connectivity index (χ4v) is 4.45. The number of carboxylic acid groups (broad SMARTS) is 1. The third-order valence-electron chi connectivity index (χ3n) is 5.64. The molecule has 0 saturated heterocycles. The lowest BCUT2D eigenvalue weighted by Gasteiger charge is -2.17. The average Bonchev–Trinajstić information content (AvgIpc) is 3.41. The molecule has 0 saturated carbocycles. The summed E-state index contributed by atoms with van der Waals surface area (Å²) in [5.74, 6) is 0.754. The summed E-state index contributed by atoms with van der Waals surface area (Å²) in [6.45, 7) is 6.16. The Kier molecular flexibility index (Phi) is 7.11. The fourth-order valence-electron chi connectivity index (χ4n) is 3.46. The third-order valence-corrected chi connectivity index (χ3v) is 6.75. The summed E-state index contributed by atoms with van der Waals surface area (Å²) in [7, 11) is 0. The number of aliphatic carboxylic acids is 1. The highest BCUT2D eigenvalue weighted by atomic mass is 32.1. The van der Waals surface area contributed by atoms with Gasteiger partial charge < -0.3 is 19.0 Å². The van der Waals surface area contributed by atoms with Crippen molar-refractivity contribution < 1.29 is 23.8 Å². The molecule has 2 unspecified atom stereocenters. The number of aromatic nitrogens is 1. The number of ether oxygens (including phenoxy) is 2. The number of aryl methyl sites for hydroxylation is 1. The number of benzene rings is 2. The first-order valence-corrected chi connectivity index (χ1v) is 11.8. The van der Waals surface area contributed by atoms with Crippen molar-refractivity contribution in [3.8, 4) is 16.5 Å². The van der Waals surface area contributed by atoms with Crippen LogP contribution in [0.25, 0.3) is 20.9 Å². The highest BCUT2D eigenvalue weighted by molar-refractivity contribution is 7.22. The van der Waals surface area contributed by atoms with Crippen molar-refractivity contribution in [1.82, 2.24) is 4.98 Å². The van der Waals surface area contributed by atoms with Crippen LogP contribution in [0.1, 0.15) is 43.4 Å². The zero-order valence-electron chi connectivity index (χ0n) is 18.9. The van der Waals surface area contributed by atoms with Gasteiger partial charge >= 0.3 is 5.97 Å². The van der Waals surface area contributed by atoms with Crippen LogP contribution in [-0.4, -0.2) is 22.7 Å². The van der Waals surface area contributed by atoms with Gasteiger partial charge in [0.1, 0.15) is 23.8 Å². The first-order chi connectivity index (χ1) is 15.9. The molecule has 33 heavy (non-hydrogen) atoms. The van der Waals surface area contributed by atoms with Crippen LogP contribution in [0.15, 0.2) is 59.0 Å². The van der Waals surface area contributed by atoms with Crippen LogP contribution in [0.5, 0.6) is 5.75 Å². The summed E-state index contributed by atoms with van der Waals surface area (Å²) < 4.78 is 18.8. The molecule has 7 heteroatoms. The van der Waals surface area contributed by atoms with Gasteiger partial charge in [0.2, 0.25) is 5.89 Å². The molecule has 0 aliphatic heterocycles. The van der Waals surface area contributed by atoms with E-state index in [0.29, 0.717) is 24.7 Å². The maximum Gasteiger partial charge on any atom is 0.308 e. The molecular formula is C26H27NO5S. The summed E-state index contributed by atoms with van der Waals surface area (Å²) in [4.78, 5) is 16.8. The molecule has 1 N–H and O–H groups in total. The lowest BCUT2D eigenvalue weighted by atomic mass is 10.1. The lowest BCUT2D eigenvalue weighted by molar-refractivity contribution is -0.144. The summed E-state index contributed by atoms with van der Waals surface area (Å²) in [6, 6.07) is 17.9. The van der Waals surface area contributed by atoms with E-state index < -0.39 is 11.9 Å². The molecule has 172 valence electrons. The third kappa shape index (κ3) is 5.43. The number of carboxylic acids is 1. The van der Waals surface area contributed by atoms with E-state index in [1.165, 1.54) is 10.1 Å². The van der Waals surface area contributed by atoms with E-state index in [0.717, 1.165) is 21.9 Å². The Morgan fingerprint density at radius 3 is 2.64 bits per heavy atom. The number of oxazole rings is 1. The van der Waals surface area contributed by atoms with Gasteiger partial charge in [-0.3, -0.25) is 4.79 Å². The van der Waals surface area contributed by atoms with Crippen LogP contribution in [0.2, 0.25) is 0 Å². The van der Waals surface area contributed by atoms with Gasteiger partial charge in [-0.2, -0.15) is 0 Å². The van der Waals surface area contributed by atoms with E-state index in [1.54, 1.807) is 11.3 Å². The largest absolute Gasteiger partial charge is 0.487 e.